The zero-order chi connectivity index (χ0) is 29.8. The summed E-state index contributed by atoms with van der Waals surface area (Å²) < 4.78 is 25.9. The van der Waals surface area contributed by atoms with Gasteiger partial charge in [0, 0.05) is 29.7 Å². The first-order chi connectivity index (χ1) is 20.0. The van der Waals surface area contributed by atoms with Gasteiger partial charge in [0.1, 0.15) is 5.58 Å². The number of nitrogens with one attached hydrogen (secondary N) is 1. The number of pyridine rings is 1. The number of hydrogen-bond donors (Lipinski definition) is 2. The van der Waals surface area contributed by atoms with Crippen molar-refractivity contribution in [1.82, 2.24) is 4.98 Å². The lowest BCUT2D eigenvalue weighted by molar-refractivity contribution is 0.274. The number of aromatic nitrogens is 1. The predicted molar refractivity (Wildman–Crippen MR) is 165 cm³/mol. The first kappa shape index (κ1) is 28.0. The van der Waals surface area contributed by atoms with Gasteiger partial charge in [-0.25, -0.2) is 4.98 Å². The highest BCUT2D eigenvalue weighted by Gasteiger charge is 2.29. The van der Waals surface area contributed by atoms with E-state index in [1.165, 1.54) is 12.3 Å². The lowest BCUT2D eigenvalue weighted by Gasteiger charge is -2.37. The normalized spacial score (nSPS) is 16.7. The fourth-order valence-electron chi connectivity index (χ4n) is 5.84. The highest BCUT2D eigenvalue weighted by Crippen LogP contribution is 2.37. The smallest absolute Gasteiger partial charge is 0.440 e. The second-order valence-electron chi connectivity index (χ2n) is 12.2. The molecule has 1 fully saturated rings. The van der Waals surface area contributed by atoms with Gasteiger partial charge in [0.25, 0.3) is 0 Å². The molecule has 2 aliphatic heterocycles. The summed E-state index contributed by atoms with van der Waals surface area (Å²) in [6.45, 7) is 12.0. The van der Waals surface area contributed by atoms with Crippen LogP contribution in [0, 0.1) is 25.2 Å². The van der Waals surface area contributed by atoms with Crippen molar-refractivity contribution >= 4 is 41.3 Å². The second kappa shape index (κ2) is 10.6. The molecule has 1 atom stereocenters. The van der Waals surface area contributed by atoms with Crippen LogP contribution in [0.3, 0.4) is 0 Å². The van der Waals surface area contributed by atoms with Crippen LogP contribution < -0.4 is 21.1 Å². The van der Waals surface area contributed by atoms with Crippen LogP contribution in [0.5, 0.6) is 0 Å². The first-order valence-electron chi connectivity index (χ1n) is 14.3. The van der Waals surface area contributed by atoms with E-state index in [9.17, 15) is 14.2 Å². The van der Waals surface area contributed by atoms with Crippen LogP contribution in [-0.4, -0.2) is 36.4 Å². The van der Waals surface area contributed by atoms with Gasteiger partial charge in [-0.15, -0.1) is 5.16 Å². The molecule has 0 amide bonds. The number of benzene rings is 2. The molecule has 4 heterocycles. The molecule has 8 nitrogen and oxygen atoms in total. The summed E-state index contributed by atoms with van der Waals surface area (Å²) in [4.78, 5) is 20.0. The summed E-state index contributed by atoms with van der Waals surface area (Å²) in [5, 5.41) is 17.9. The topological polar surface area (TPSA) is 100 Å². The maximum Gasteiger partial charge on any atom is 0.583 e. The average Bonchev–Trinajstić information content (AvgIpc) is 2.96. The number of oxime groups is 1. The molecule has 10 heteroatoms. The molecular weight excluding hydrogens is 534 g/mol. The molecular formula is C32H34BFN4O4. The molecule has 0 aliphatic carbocycles. The van der Waals surface area contributed by atoms with Crippen molar-refractivity contribution < 1.29 is 18.6 Å². The van der Waals surface area contributed by atoms with Crippen LogP contribution in [0.2, 0.25) is 0 Å². The molecule has 0 saturated carbocycles. The van der Waals surface area contributed by atoms with Gasteiger partial charge in [-0.2, -0.15) is 4.39 Å². The van der Waals surface area contributed by atoms with E-state index in [-0.39, 0.29) is 16.9 Å². The second-order valence-corrected chi connectivity index (χ2v) is 12.2. The minimum absolute atomic E-state index is 0.0285. The van der Waals surface area contributed by atoms with Crippen molar-refractivity contribution in [2.75, 3.05) is 23.3 Å². The third kappa shape index (κ3) is 5.15. The van der Waals surface area contributed by atoms with Gasteiger partial charge < -0.3 is 24.4 Å². The zero-order valence-electron chi connectivity index (χ0n) is 24.5. The Morgan fingerprint density at radius 2 is 1.88 bits per heavy atom. The van der Waals surface area contributed by atoms with Crippen molar-refractivity contribution in [3.05, 3.63) is 80.9 Å². The largest absolute Gasteiger partial charge is 0.583 e. The third-order valence-electron chi connectivity index (χ3n) is 8.45. The highest BCUT2D eigenvalue weighted by molar-refractivity contribution is 6.62. The number of hydrogen-bond acceptors (Lipinski definition) is 8. The van der Waals surface area contributed by atoms with Gasteiger partial charge >= 0.3 is 7.12 Å². The van der Waals surface area contributed by atoms with Gasteiger partial charge in [-0.05, 0) is 74.4 Å². The fraction of sp³-hybridized carbons (Fsp3) is 0.344. The quantitative estimate of drug-likeness (QED) is 0.244. The summed E-state index contributed by atoms with van der Waals surface area (Å²) >= 11 is 0. The van der Waals surface area contributed by atoms with E-state index in [1.807, 2.05) is 32.9 Å². The molecule has 0 spiro atoms. The summed E-state index contributed by atoms with van der Waals surface area (Å²) in [5.41, 5.74) is 6.06. The van der Waals surface area contributed by atoms with Gasteiger partial charge in [-0.1, -0.05) is 32.0 Å². The highest BCUT2D eigenvalue weighted by atomic mass is 19.1. The van der Waals surface area contributed by atoms with E-state index < -0.39 is 13.1 Å². The lowest BCUT2D eigenvalue weighted by Crippen LogP contribution is -2.38. The number of aryl methyl sites for hydroxylation is 1. The van der Waals surface area contributed by atoms with Crippen molar-refractivity contribution in [2.45, 2.75) is 53.5 Å². The molecule has 0 radical (unpaired) electrons. The summed E-state index contributed by atoms with van der Waals surface area (Å²) in [6.07, 6.45) is 3.55. The Kier molecular flexibility index (Phi) is 7.05. The third-order valence-corrected chi connectivity index (χ3v) is 8.45. The fourth-order valence-corrected chi connectivity index (χ4v) is 5.84. The molecule has 42 heavy (non-hydrogen) atoms. The Bertz CT molecular complexity index is 1780. The van der Waals surface area contributed by atoms with Crippen LogP contribution >= 0.6 is 0 Å². The minimum atomic E-state index is -1.16. The van der Waals surface area contributed by atoms with Gasteiger partial charge in [-0.3, -0.25) is 4.79 Å². The number of piperidine rings is 1. The number of rotatable bonds is 5. The van der Waals surface area contributed by atoms with E-state index in [2.05, 4.69) is 34.2 Å². The molecule has 2 aromatic heterocycles. The molecule has 1 saturated heterocycles. The van der Waals surface area contributed by atoms with Crippen molar-refractivity contribution in [1.29, 1.82) is 0 Å². The Hall–Kier alpha value is -4.18. The Morgan fingerprint density at radius 3 is 2.64 bits per heavy atom. The predicted octanol–water partition coefficient (Wildman–Crippen LogP) is 5.46. The zero-order valence-corrected chi connectivity index (χ0v) is 24.5. The molecule has 2 N–H and O–H groups in total. The molecule has 2 aromatic carbocycles. The van der Waals surface area contributed by atoms with Crippen LogP contribution in [0.25, 0.3) is 22.2 Å². The van der Waals surface area contributed by atoms with Crippen LogP contribution in [0.15, 0.2) is 56.8 Å². The average molecular weight is 568 g/mol. The molecule has 6 rings (SSSR count). The van der Waals surface area contributed by atoms with Crippen LogP contribution in [-0.2, 0) is 4.76 Å². The lowest BCUT2D eigenvalue weighted by atomic mass is 9.75. The number of anilines is 2. The van der Waals surface area contributed by atoms with E-state index in [1.54, 1.807) is 24.3 Å². The maximum absolute atomic E-state index is 14.4. The molecule has 4 aromatic rings. The van der Waals surface area contributed by atoms with E-state index in [4.69, 9.17) is 9.17 Å². The van der Waals surface area contributed by atoms with Crippen LogP contribution in [0.1, 0.15) is 61.9 Å². The Labute approximate surface area is 244 Å². The number of fused-ring (bicyclic) bond motifs is 2. The van der Waals surface area contributed by atoms with Crippen molar-refractivity contribution in [3.63, 3.8) is 0 Å². The first-order valence-corrected chi connectivity index (χ1v) is 14.3. The van der Waals surface area contributed by atoms with Crippen molar-refractivity contribution in [2.24, 2.45) is 10.6 Å². The van der Waals surface area contributed by atoms with Gasteiger partial charge in [0.2, 0.25) is 11.8 Å². The maximum atomic E-state index is 14.4. The molecule has 2 aliphatic rings. The standard InChI is InChI=1S/C32H34BFN4O4/c1-18-14-23(30-24(15-18)29(39)19(2)31(41-30)38-12-10-32(4,5)11-13-38)20(3)36-26-8-9-27(34)37-28(26)21-6-7-25-22(16-21)17-35-42-33(25)40/h6-9,14-17,20,36,40H,10-13H2,1-5H3/t20-/m1/s1. The molecule has 0 bridgehead atoms. The van der Waals surface area contributed by atoms with Gasteiger partial charge in [0.15, 0.2) is 5.43 Å². The Morgan fingerprint density at radius 1 is 1.12 bits per heavy atom. The van der Waals surface area contributed by atoms with E-state index >= 15 is 0 Å². The monoisotopic (exact) mass is 568 g/mol. The van der Waals surface area contributed by atoms with Crippen LogP contribution in [0.4, 0.5) is 16.0 Å². The van der Waals surface area contributed by atoms with Crippen molar-refractivity contribution in [3.8, 4) is 11.3 Å². The Balaban J connectivity index is 1.40. The molecule has 0 unspecified atom stereocenters. The summed E-state index contributed by atoms with van der Waals surface area (Å²) in [5.74, 6) is 0.0149. The summed E-state index contributed by atoms with van der Waals surface area (Å²) in [6, 6.07) is 11.8. The number of nitrogens with zero attached hydrogens (tertiary/aromatic N) is 3. The summed E-state index contributed by atoms with van der Waals surface area (Å²) in [7, 11) is -1.16. The van der Waals surface area contributed by atoms with E-state index in [0.717, 1.165) is 37.1 Å². The van der Waals surface area contributed by atoms with Gasteiger partial charge in [0.05, 0.1) is 34.6 Å². The SMILES string of the molecule is Cc1cc([C@@H](C)Nc2ccc(F)nc2-c2ccc3c(c2)C=NOB3O)c2oc(N3CCC(C)(C)CC3)c(C)c(=O)c2c1. The molecule has 216 valence electrons. The minimum Gasteiger partial charge on any atom is -0.440 e. The number of halogens is 1. The van der Waals surface area contributed by atoms with E-state index in [0.29, 0.717) is 50.4 Å².